The standard InChI is InChI=1S/C18H27N3O3/c1-6-21(7-2)18(24)14-8-10-15(11-9-14)20-17(23)16(12(3)4)19-13(5)22/h8-12,16H,6-7H2,1-5H3,(H,19,22)(H,20,23). The third-order valence-electron chi connectivity index (χ3n) is 3.76. The van der Waals surface area contributed by atoms with Gasteiger partial charge in [-0.25, -0.2) is 0 Å². The largest absolute Gasteiger partial charge is 0.344 e. The summed E-state index contributed by atoms with van der Waals surface area (Å²) in [5, 5.41) is 5.42. The number of nitrogens with zero attached hydrogens (tertiary/aromatic N) is 1. The smallest absolute Gasteiger partial charge is 0.253 e. The Morgan fingerprint density at radius 1 is 1.04 bits per heavy atom. The molecule has 0 heterocycles. The number of benzene rings is 1. The Morgan fingerprint density at radius 2 is 1.58 bits per heavy atom. The summed E-state index contributed by atoms with van der Waals surface area (Å²) < 4.78 is 0. The third-order valence-corrected chi connectivity index (χ3v) is 3.76. The van der Waals surface area contributed by atoms with Crippen molar-refractivity contribution in [2.24, 2.45) is 5.92 Å². The topological polar surface area (TPSA) is 78.5 Å². The van der Waals surface area contributed by atoms with Crippen molar-refractivity contribution in [3.63, 3.8) is 0 Å². The van der Waals surface area contributed by atoms with E-state index in [1.807, 2.05) is 27.7 Å². The summed E-state index contributed by atoms with van der Waals surface area (Å²) in [5.74, 6) is -0.583. The molecule has 0 aliphatic carbocycles. The highest BCUT2D eigenvalue weighted by atomic mass is 16.2. The van der Waals surface area contributed by atoms with Gasteiger partial charge >= 0.3 is 0 Å². The van der Waals surface area contributed by atoms with Crippen molar-refractivity contribution >= 4 is 23.4 Å². The number of carbonyl (C=O) groups is 3. The zero-order chi connectivity index (χ0) is 18.3. The number of rotatable bonds is 7. The minimum absolute atomic E-state index is 0.0302. The molecule has 1 unspecified atom stereocenters. The molecule has 0 fully saturated rings. The summed E-state index contributed by atoms with van der Waals surface area (Å²) >= 11 is 0. The van der Waals surface area contributed by atoms with E-state index in [0.717, 1.165) is 0 Å². The minimum Gasteiger partial charge on any atom is -0.344 e. The van der Waals surface area contributed by atoms with Crippen LogP contribution in [0.1, 0.15) is 45.0 Å². The number of anilines is 1. The molecule has 132 valence electrons. The van der Waals surface area contributed by atoms with Gasteiger partial charge in [-0.2, -0.15) is 0 Å². The van der Waals surface area contributed by atoms with E-state index in [1.54, 1.807) is 29.2 Å². The summed E-state index contributed by atoms with van der Waals surface area (Å²) in [5.41, 5.74) is 1.17. The van der Waals surface area contributed by atoms with Crippen molar-refractivity contribution in [2.75, 3.05) is 18.4 Å². The van der Waals surface area contributed by atoms with Crippen LogP contribution in [0.5, 0.6) is 0 Å². The van der Waals surface area contributed by atoms with E-state index >= 15 is 0 Å². The lowest BCUT2D eigenvalue weighted by atomic mass is 10.0. The molecule has 3 amide bonds. The van der Waals surface area contributed by atoms with Gasteiger partial charge in [-0.05, 0) is 44.0 Å². The maximum atomic E-state index is 12.3. The summed E-state index contributed by atoms with van der Waals surface area (Å²) in [6, 6.07) is 6.18. The fourth-order valence-corrected chi connectivity index (χ4v) is 2.36. The van der Waals surface area contributed by atoms with Crippen LogP contribution in [-0.2, 0) is 9.59 Å². The van der Waals surface area contributed by atoms with E-state index in [-0.39, 0.29) is 23.6 Å². The van der Waals surface area contributed by atoms with Crippen LogP contribution in [0.25, 0.3) is 0 Å². The highest BCUT2D eigenvalue weighted by molar-refractivity contribution is 5.98. The third kappa shape index (κ3) is 5.37. The Hall–Kier alpha value is -2.37. The molecule has 24 heavy (non-hydrogen) atoms. The van der Waals surface area contributed by atoms with Gasteiger partial charge in [0.05, 0.1) is 0 Å². The summed E-state index contributed by atoms with van der Waals surface area (Å²) in [6.07, 6.45) is 0. The zero-order valence-corrected chi connectivity index (χ0v) is 15.1. The lowest BCUT2D eigenvalue weighted by molar-refractivity contribution is -0.126. The average molecular weight is 333 g/mol. The first-order valence-corrected chi connectivity index (χ1v) is 8.27. The lowest BCUT2D eigenvalue weighted by Gasteiger charge is -2.21. The van der Waals surface area contributed by atoms with Gasteiger partial charge in [-0.1, -0.05) is 13.8 Å². The predicted molar refractivity (Wildman–Crippen MR) is 94.8 cm³/mol. The first kappa shape index (κ1) is 19.7. The zero-order valence-electron chi connectivity index (χ0n) is 15.1. The Morgan fingerprint density at radius 3 is 2.00 bits per heavy atom. The van der Waals surface area contributed by atoms with Crippen molar-refractivity contribution in [1.82, 2.24) is 10.2 Å². The van der Waals surface area contributed by atoms with E-state index in [0.29, 0.717) is 24.3 Å². The molecule has 1 rings (SSSR count). The normalized spacial score (nSPS) is 11.8. The molecule has 1 aromatic rings. The SMILES string of the molecule is CCN(CC)C(=O)c1ccc(NC(=O)C(NC(C)=O)C(C)C)cc1. The van der Waals surface area contributed by atoms with E-state index in [1.165, 1.54) is 6.92 Å². The molecule has 0 radical (unpaired) electrons. The van der Waals surface area contributed by atoms with Gasteiger partial charge in [0.1, 0.15) is 6.04 Å². The monoisotopic (exact) mass is 333 g/mol. The van der Waals surface area contributed by atoms with Gasteiger partial charge in [0.2, 0.25) is 11.8 Å². The number of amides is 3. The predicted octanol–water partition coefficient (Wildman–Crippen LogP) is 2.27. The van der Waals surface area contributed by atoms with E-state index < -0.39 is 6.04 Å². The highest BCUT2D eigenvalue weighted by Crippen LogP contribution is 2.13. The van der Waals surface area contributed by atoms with Gasteiger partial charge in [-0.15, -0.1) is 0 Å². The summed E-state index contributed by atoms with van der Waals surface area (Å²) in [7, 11) is 0. The van der Waals surface area contributed by atoms with E-state index in [9.17, 15) is 14.4 Å². The first-order chi connectivity index (χ1) is 11.3. The van der Waals surface area contributed by atoms with Crippen molar-refractivity contribution in [2.45, 2.75) is 40.7 Å². The summed E-state index contributed by atoms with van der Waals surface area (Å²) in [4.78, 5) is 37.5. The molecule has 0 aromatic heterocycles. The maximum absolute atomic E-state index is 12.3. The second-order valence-electron chi connectivity index (χ2n) is 5.97. The number of carbonyl (C=O) groups excluding carboxylic acids is 3. The Bertz CT molecular complexity index is 578. The van der Waals surface area contributed by atoms with Crippen LogP contribution in [0.2, 0.25) is 0 Å². The molecule has 1 atom stereocenters. The van der Waals surface area contributed by atoms with Gasteiger partial charge in [-0.3, -0.25) is 14.4 Å². The highest BCUT2D eigenvalue weighted by Gasteiger charge is 2.23. The van der Waals surface area contributed by atoms with Gasteiger partial charge in [0, 0.05) is 31.3 Å². The first-order valence-electron chi connectivity index (χ1n) is 8.27. The van der Waals surface area contributed by atoms with Gasteiger partial charge < -0.3 is 15.5 Å². The van der Waals surface area contributed by atoms with E-state index in [4.69, 9.17) is 0 Å². The van der Waals surface area contributed by atoms with Gasteiger partial charge in [0.25, 0.3) is 5.91 Å². The second kappa shape index (κ2) is 9.05. The maximum Gasteiger partial charge on any atom is 0.253 e. The van der Waals surface area contributed by atoms with Crippen molar-refractivity contribution in [3.05, 3.63) is 29.8 Å². The average Bonchev–Trinajstić information content (AvgIpc) is 2.53. The van der Waals surface area contributed by atoms with Crippen LogP contribution >= 0.6 is 0 Å². The fraction of sp³-hybridized carbons (Fsp3) is 0.500. The number of nitrogens with one attached hydrogen (secondary N) is 2. The minimum atomic E-state index is -0.598. The molecule has 0 aliphatic rings. The molecule has 2 N–H and O–H groups in total. The Labute approximate surface area is 143 Å². The molecule has 0 saturated carbocycles. The van der Waals surface area contributed by atoms with Crippen molar-refractivity contribution in [1.29, 1.82) is 0 Å². The van der Waals surface area contributed by atoms with Crippen molar-refractivity contribution < 1.29 is 14.4 Å². The lowest BCUT2D eigenvalue weighted by Crippen LogP contribution is -2.46. The second-order valence-corrected chi connectivity index (χ2v) is 5.97. The van der Waals surface area contributed by atoms with Crippen LogP contribution in [-0.4, -0.2) is 41.8 Å². The Balaban J connectivity index is 2.80. The molecular formula is C18H27N3O3. The molecule has 0 aliphatic heterocycles. The molecule has 1 aromatic carbocycles. The number of hydrogen-bond acceptors (Lipinski definition) is 3. The molecule has 0 spiro atoms. The summed E-state index contributed by atoms with van der Waals surface area (Å²) in [6.45, 7) is 10.3. The molecule has 0 saturated heterocycles. The van der Waals surface area contributed by atoms with Crippen molar-refractivity contribution in [3.8, 4) is 0 Å². The van der Waals surface area contributed by atoms with Crippen LogP contribution in [0.4, 0.5) is 5.69 Å². The quantitative estimate of drug-likeness (QED) is 0.803. The molecule has 6 nitrogen and oxygen atoms in total. The number of hydrogen-bond donors (Lipinski definition) is 2. The van der Waals surface area contributed by atoms with Gasteiger partial charge in [0.15, 0.2) is 0 Å². The fourth-order valence-electron chi connectivity index (χ4n) is 2.36. The van der Waals surface area contributed by atoms with Crippen LogP contribution in [0, 0.1) is 5.92 Å². The Kier molecular flexibility index (Phi) is 7.42. The molecule has 0 bridgehead atoms. The molecular weight excluding hydrogens is 306 g/mol. The van der Waals surface area contributed by atoms with E-state index in [2.05, 4.69) is 10.6 Å². The van der Waals surface area contributed by atoms with Crippen LogP contribution < -0.4 is 10.6 Å². The van der Waals surface area contributed by atoms with Crippen LogP contribution in [0.3, 0.4) is 0 Å². The van der Waals surface area contributed by atoms with Crippen LogP contribution in [0.15, 0.2) is 24.3 Å². The molecule has 6 heteroatoms.